The molecular formula is C28H27ClFN3O4S. The Balaban J connectivity index is 1.55. The number of nitrogens with zero attached hydrogens (tertiary/aromatic N) is 2. The number of halogens is 2. The van der Waals surface area contributed by atoms with Crippen molar-refractivity contribution in [3.63, 3.8) is 0 Å². The van der Waals surface area contributed by atoms with E-state index in [4.69, 9.17) is 21.1 Å². The maximum atomic E-state index is 13.5. The van der Waals surface area contributed by atoms with Crippen LogP contribution in [-0.2, 0) is 16.0 Å². The van der Waals surface area contributed by atoms with Crippen molar-refractivity contribution in [3.8, 4) is 11.5 Å². The van der Waals surface area contributed by atoms with E-state index in [1.54, 1.807) is 31.3 Å². The molecule has 0 aliphatic carbocycles. The second-order valence-corrected chi connectivity index (χ2v) is 10.2. The molecule has 0 aromatic heterocycles. The van der Waals surface area contributed by atoms with E-state index in [9.17, 15) is 14.0 Å². The highest BCUT2D eigenvalue weighted by molar-refractivity contribution is 8.15. The first-order valence-corrected chi connectivity index (χ1v) is 13.1. The molecule has 3 aromatic carbocycles. The van der Waals surface area contributed by atoms with Crippen LogP contribution < -0.4 is 14.8 Å². The minimum atomic E-state index is -0.695. The summed E-state index contributed by atoms with van der Waals surface area (Å²) in [5.74, 6) is 0.267. The Kier molecular flexibility index (Phi) is 8.91. The van der Waals surface area contributed by atoms with Crippen LogP contribution in [0.15, 0.2) is 65.7 Å². The van der Waals surface area contributed by atoms with E-state index >= 15 is 0 Å². The average Bonchev–Trinajstić information content (AvgIpc) is 2.91. The van der Waals surface area contributed by atoms with Gasteiger partial charge in [0.1, 0.15) is 11.1 Å². The van der Waals surface area contributed by atoms with Crippen LogP contribution in [0.2, 0.25) is 5.02 Å². The summed E-state index contributed by atoms with van der Waals surface area (Å²) in [4.78, 5) is 32.5. The van der Waals surface area contributed by atoms with Gasteiger partial charge < -0.3 is 14.8 Å². The zero-order valence-corrected chi connectivity index (χ0v) is 22.7. The van der Waals surface area contributed by atoms with E-state index < -0.39 is 5.25 Å². The highest BCUT2D eigenvalue weighted by Gasteiger charge is 2.36. The van der Waals surface area contributed by atoms with Gasteiger partial charge in [-0.25, -0.2) is 9.38 Å². The number of amidine groups is 1. The van der Waals surface area contributed by atoms with Gasteiger partial charge in [-0.3, -0.25) is 14.5 Å². The molecule has 1 N–H and O–H groups in total. The number of benzene rings is 3. The predicted molar refractivity (Wildman–Crippen MR) is 149 cm³/mol. The van der Waals surface area contributed by atoms with Crippen molar-refractivity contribution in [1.29, 1.82) is 0 Å². The molecule has 1 fully saturated rings. The number of hydrogen-bond donors (Lipinski definition) is 1. The van der Waals surface area contributed by atoms with Crippen molar-refractivity contribution in [2.45, 2.75) is 25.0 Å². The fraction of sp³-hybridized carbons (Fsp3) is 0.250. The molecule has 38 heavy (non-hydrogen) atoms. The molecule has 7 nitrogen and oxygen atoms in total. The minimum Gasteiger partial charge on any atom is -0.493 e. The summed E-state index contributed by atoms with van der Waals surface area (Å²) >= 11 is 7.39. The molecule has 4 rings (SSSR count). The van der Waals surface area contributed by atoms with Crippen LogP contribution in [-0.4, -0.2) is 47.9 Å². The first-order valence-electron chi connectivity index (χ1n) is 11.9. The first kappa shape index (κ1) is 27.5. The molecule has 1 aliphatic rings. The van der Waals surface area contributed by atoms with E-state index in [1.165, 1.54) is 36.0 Å². The maximum absolute atomic E-state index is 13.5. The average molecular weight is 556 g/mol. The Morgan fingerprint density at radius 1 is 1.11 bits per heavy atom. The molecule has 0 saturated carbocycles. The maximum Gasteiger partial charge on any atom is 0.238 e. The van der Waals surface area contributed by atoms with Gasteiger partial charge in [-0.05, 0) is 73.0 Å². The predicted octanol–water partition coefficient (Wildman–Crippen LogP) is 6.01. The quantitative estimate of drug-likeness (QED) is 0.368. The van der Waals surface area contributed by atoms with Crippen LogP contribution in [0.4, 0.5) is 15.8 Å². The van der Waals surface area contributed by atoms with Crippen molar-refractivity contribution in [1.82, 2.24) is 4.90 Å². The number of nitrogens with one attached hydrogen (secondary N) is 1. The number of hydrogen-bond acceptors (Lipinski definition) is 6. The van der Waals surface area contributed by atoms with Crippen LogP contribution in [0.1, 0.15) is 17.5 Å². The Bertz CT molecular complexity index is 1370. The Hall–Kier alpha value is -3.56. The van der Waals surface area contributed by atoms with E-state index in [-0.39, 0.29) is 24.1 Å². The number of carbonyl (C=O) groups excluding carboxylic acids is 2. The van der Waals surface area contributed by atoms with Crippen molar-refractivity contribution in [2.24, 2.45) is 4.99 Å². The van der Waals surface area contributed by atoms with Crippen LogP contribution >= 0.6 is 23.4 Å². The van der Waals surface area contributed by atoms with E-state index in [1.807, 2.05) is 31.2 Å². The van der Waals surface area contributed by atoms with Gasteiger partial charge in [-0.1, -0.05) is 35.5 Å². The number of aryl methyl sites for hydroxylation is 1. The second-order valence-electron chi connectivity index (χ2n) is 8.62. The van der Waals surface area contributed by atoms with E-state index in [0.717, 1.165) is 11.1 Å². The lowest BCUT2D eigenvalue weighted by molar-refractivity contribution is -0.129. The second kappa shape index (κ2) is 12.3. The Morgan fingerprint density at radius 2 is 1.84 bits per heavy atom. The summed E-state index contributed by atoms with van der Waals surface area (Å²) in [6, 6.07) is 16.5. The summed E-state index contributed by atoms with van der Waals surface area (Å²) in [5, 5.41) is 3.06. The third-order valence-electron chi connectivity index (χ3n) is 5.99. The summed E-state index contributed by atoms with van der Waals surface area (Å²) in [5.41, 5.74) is 2.86. The van der Waals surface area contributed by atoms with Gasteiger partial charge in [0.15, 0.2) is 16.7 Å². The van der Waals surface area contributed by atoms with Gasteiger partial charge >= 0.3 is 0 Å². The molecule has 0 spiro atoms. The SMILES string of the molecule is COc1ccc(CCN2C(=O)CC(C(=O)Nc3ccc(C)c(Cl)c3)SC2=Nc2ccc(F)cc2)cc1OC. The zero-order chi connectivity index (χ0) is 27.2. The third kappa shape index (κ3) is 6.65. The number of methoxy groups -OCH3 is 2. The topological polar surface area (TPSA) is 80.2 Å². The standard InChI is InChI=1S/C28H27ClFN3O4S/c1-17-4-8-21(15-22(17)29)31-27(35)25-16-26(34)33(28(38-25)32-20-9-6-19(30)7-10-20)13-12-18-5-11-23(36-2)24(14-18)37-3/h4-11,14-15,25H,12-13,16H2,1-3H3,(H,31,35). The van der Waals surface area contributed by atoms with Gasteiger partial charge in [0.25, 0.3) is 0 Å². The molecule has 1 atom stereocenters. The highest BCUT2D eigenvalue weighted by Crippen LogP contribution is 2.32. The lowest BCUT2D eigenvalue weighted by Gasteiger charge is -2.32. The number of ether oxygens (including phenoxy) is 2. The molecule has 198 valence electrons. The van der Waals surface area contributed by atoms with Crippen molar-refractivity contribution >= 4 is 51.7 Å². The van der Waals surface area contributed by atoms with Crippen molar-refractivity contribution < 1.29 is 23.5 Å². The normalized spacial score (nSPS) is 16.4. The molecule has 1 aliphatic heterocycles. The number of thioether (sulfide) groups is 1. The summed E-state index contributed by atoms with van der Waals surface area (Å²) < 4.78 is 24.1. The smallest absolute Gasteiger partial charge is 0.238 e. The summed E-state index contributed by atoms with van der Waals surface area (Å²) in [6.07, 6.45) is 0.526. The van der Waals surface area contributed by atoms with Gasteiger partial charge in [0.2, 0.25) is 11.8 Å². The monoisotopic (exact) mass is 555 g/mol. The lowest BCUT2D eigenvalue weighted by Crippen LogP contribution is -2.46. The Morgan fingerprint density at radius 3 is 2.53 bits per heavy atom. The van der Waals surface area contributed by atoms with Gasteiger partial charge in [0.05, 0.1) is 19.9 Å². The summed E-state index contributed by atoms with van der Waals surface area (Å²) in [6.45, 7) is 2.21. The molecule has 1 heterocycles. The lowest BCUT2D eigenvalue weighted by atomic mass is 10.1. The number of aliphatic imine (C=N–C) groups is 1. The molecule has 3 aromatic rings. The van der Waals surface area contributed by atoms with Crippen LogP contribution in [0.25, 0.3) is 0 Å². The molecule has 2 amide bonds. The zero-order valence-electron chi connectivity index (χ0n) is 21.2. The van der Waals surface area contributed by atoms with E-state index in [2.05, 4.69) is 10.3 Å². The number of carbonyl (C=O) groups is 2. The van der Waals surface area contributed by atoms with Crippen LogP contribution in [0.3, 0.4) is 0 Å². The van der Waals surface area contributed by atoms with Crippen LogP contribution in [0, 0.1) is 12.7 Å². The molecule has 1 unspecified atom stereocenters. The highest BCUT2D eigenvalue weighted by atomic mass is 35.5. The largest absolute Gasteiger partial charge is 0.493 e. The number of anilines is 1. The molecule has 0 bridgehead atoms. The molecule has 10 heteroatoms. The summed E-state index contributed by atoms with van der Waals surface area (Å²) in [7, 11) is 3.13. The van der Waals surface area contributed by atoms with Gasteiger partial charge in [-0.2, -0.15) is 0 Å². The number of amides is 2. The fourth-order valence-corrected chi connectivity index (χ4v) is 5.16. The first-order chi connectivity index (χ1) is 18.3. The molecular weight excluding hydrogens is 529 g/mol. The van der Waals surface area contributed by atoms with Crippen molar-refractivity contribution in [2.75, 3.05) is 26.1 Å². The third-order valence-corrected chi connectivity index (χ3v) is 7.59. The minimum absolute atomic E-state index is 0.00443. The number of rotatable bonds is 8. The molecule has 1 saturated heterocycles. The van der Waals surface area contributed by atoms with Gasteiger partial charge in [-0.15, -0.1) is 0 Å². The van der Waals surface area contributed by atoms with Crippen molar-refractivity contribution in [3.05, 3.63) is 82.6 Å². The van der Waals surface area contributed by atoms with Crippen LogP contribution in [0.5, 0.6) is 11.5 Å². The molecule has 0 radical (unpaired) electrons. The fourth-order valence-electron chi connectivity index (χ4n) is 3.86. The van der Waals surface area contributed by atoms with Gasteiger partial charge in [0, 0.05) is 23.7 Å². The Labute approximate surface area is 230 Å². The van der Waals surface area contributed by atoms with E-state index in [0.29, 0.717) is 46.0 Å².